The summed E-state index contributed by atoms with van der Waals surface area (Å²) in [7, 11) is 0. The summed E-state index contributed by atoms with van der Waals surface area (Å²) >= 11 is 0. The van der Waals surface area contributed by atoms with Crippen molar-refractivity contribution in [3.63, 3.8) is 0 Å². The molecule has 1 aliphatic heterocycles. The minimum absolute atomic E-state index is 0.0173. The average molecular weight is 184 g/mol. The summed E-state index contributed by atoms with van der Waals surface area (Å²) in [6.45, 7) is 8.75. The highest BCUT2D eigenvalue weighted by molar-refractivity contribution is 5.89. The molecular weight excluding hydrogens is 164 g/mol. The van der Waals surface area contributed by atoms with E-state index in [0.717, 1.165) is 26.1 Å². The molecule has 3 heteroatoms. The van der Waals surface area contributed by atoms with Gasteiger partial charge in [-0.25, -0.2) is 0 Å². The van der Waals surface area contributed by atoms with Gasteiger partial charge < -0.3 is 10.6 Å². The van der Waals surface area contributed by atoms with E-state index >= 15 is 0 Å². The molecule has 0 aromatic carbocycles. The zero-order chi connectivity index (χ0) is 9.90. The Balaban J connectivity index is 2.55. The Kier molecular flexibility index (Phi) is 3.45. The Bertz CT molecular complexity index is 183. The summed E-state index contributed by atoms with van der Waals surface area (Å²) in [4.78, 5) is 11.9. The number of carbonyl (C=O) groups excluding carboxylic acids is 1. The fraction of sp³-hybridized carbons (Fsp3) is 0.900. The molecular formula is C10H20N2O. The van der Waals surface area contributed by atoms with E-state index in [0.29, 0.717) is 5.78 Å². The first kappa shape index (κ1) is 10.7. The van der Waals surface area contributed by atoms with Crippen LogP contribution in [-0.2, 0) is 4.79 Å². The lowest BCUT2D eigenvalue weighted by molar-refractivity contribution is -0.129. The molecule has 0 radical (unpaired) electrons. The second kappa shape index (κ2) is 4.20. The van der Waals surface area contributed by atoms with Crippen LogP contribution < -0.4 is 10.6 Å². The van der Waals surface area contributed by atoms with E-state index in [1.165, 1.54) is 0 Å². The molecule has 0 aromatic rings. The predicted molar refractivity (Wildman–Crippen MR) is 53.7 cm³/mol. The number of rotatable bonds is 3. The lowest BCUT2D eigenvalue weighted by atomic mass is 9.81. The summed E-state index contributed by atoms with van der Waals surface area (Å²) in [5.74, 6) is 0.335. The van der Waals surface area contributed by atoms with Crippen molar-refractivity contribution in [2.24, 2.45) is 5.41 Å². The molecule has 1 saturated heterocycles. The molecule has 13 heavy (non-hydrogen) atoms. The second-order valence-electron chi connectivity index (χ2n) is 4.31. The van der Waals surface area contributed by atoms with E-state index in [1.807, 2.05) is 13.8 Å². The lowest BCUT2D eigenvalue weighted by Crippen LogP contribution is -2.55. The maximum absolute atomic E-state index is 11.9. The zero-order valence-corrected chi connectivity index (χ0v) is 8.81. The van der Waals surface area contributed by atoms with E-state index < -0.39 is 0 Å². The highest BCUT2D eigenvalue weighted by Gasteiger charge is 2.32. The van der Waals surface area contributed by atoms with Crippen molar-refractivity contribution in [3.05, 3.63) is 0 Å². The minimum Gasteiger partial charge on any atom is -0.313 e. The maximum Gasteiger partial charge on any atom is 0.156 e. The summed E-state index contributed by atoms with van der Waals surface area (Å²) < 4.78 is 0. The van der Waals surface area contributed by atoms with Crippen molar-refractivity contribution >= 4 is 5.78 Å². The van der Waals surface area contributed by atoms with E-state index in [9.17, 15) is 4.79 Å². The van der Waals surface area contributed by atoms with Crippen molar-refractivity contribution < 1.29 is 4.79 Å². The number of Topliss-reactive ketones (excluding diaryl/α,β-unsaturated/α-hetero) is 1. The van der Waals surface area contributed by atoms with E-state index in [2.05, 4.69) is 17.6 Å². The Morgan fingerprint density at radius 3 is 2.62 bits per heavy atom. The topological polar surface area (TPSA) is 41.1 Å². The van der Waals surface area contributed by atoms with Gasteiger partial charge in [0.25, 0.3) is 0 Å². The van der Waals surface area contributed by atoms with Gasteiger partial charge in [-0.3, -0.25) is 4.79 Å². The van der Waals surface area contributed by atoms with Gasteiger partial charge in [0.1, 0.15) is 0 Å². The molecule has 3 nitrogen and oxygen atoms in total. The Morgan fingerprint density at radius 2 is 2.15 bits per heavy atom. The third kappa shape index (κ3) is 2.51. The van der Waals surface area contributed by atoms with Gasteiger partial charge in [-0.2, -0.15) is 0 Å². The van der Waals surface area contributed by atoms with Gasteiger partial charge in [0, 0.05) is 25.0 Å². The summed E-state index contributed by atoms with van der Waals surface area (Å²) in [6, 6.07) is 0.0173. The molecule has 1 atom stereocenters. The molecule has 76 valence electrons. The first-order chi connectivity index (χ1) is 6.08. The number of hydrogen-bond acceptors (Lipinski definition) is 3. The van der Waals surface area contributed by atoms with Crippen LogP contribution in [0.25, 0.3) is 0 Å². The van der Waals surface area contributed by atoms with Crippen LogP contribution in [0.4, 0.5) is 0 Å². The van der Waals surface area contributed by atoms with Crippen LogP contribution >= 0.6 is 0 Å². The molecule has 2 N–H and O–H groups in total. The Labute approximate surface area is 80.3 Å². The molecule has 0 aliphatic carbocycles. The van der Waals surface area contributed by atoms with Gasteiger partial charge in [-0.05, 0) is 6.42 Å². The summed E-state index contributed by atoms with van der Waals surface area (Å²) in [5.41, 5.74) is -0.184. The highest BCUT2D eigenvalue weighted by Crippen LogP contribution is 2.22. The van der Waals surface area contributed by atoms with Crippen LogP contribution in [0.15, 0.2) is 0 Å². The quantitative estimate of drug-likeness (QED) is 0.673. The van der Waals surface area contributed by atoms with Crippen LogP contribution in [-0.4, -0.2) is 31.5 Å². The average Bonchev–Trinajstić information content (AvgIpc) is 2.18. The standard InChI is InChI=1S/C10H20N2O/c1-4-10(2,3)9(13)8-7-11-5-6-12-8/h8,11-12H,4-7H2,1-3H3. The monoisotopic (exact) mass is 184 g/mol. The molecule has 1 unspecified atom stereocenters. The van der Waals surface area contributed by atoms with Crippen molar-refractivity contribution in [1.29, 1.82) is 0 Å². The SMILES string of the molecule is CCC(C)(C)C(=O)C1CNCCN1. The van der Waals surface area contributed by atoms with E-state index in [-0.39, 0.29) is 11.5 Å². The van der Waals surface area contributed by atoms with E-state index in [4.69, 9.17) is 0 Å². The second-order valence-corrected chi connectivity index (χ2v) is 4.31. The van der Waals surface area contributed by atoms with Crippen LogP contribution in [0.5, 0.6) is 0 Å². The predicted octanol–water partition coefficient (Wildman–Crippen LogP) is 0.553. The van der Waals surface area contributed by atoms with Gasteiger partial charge in [-0.1, -0.05) is 20.8 Å². The highest BCUT2D eigenvalue weighted by atomic mass is 16.1. The molecule has 0 aromatic heterocycles. The van der Waals surface area contributed by atoms with E-state index in [1.54, 1.807) is 0 Å². The number of hydrogen-bond donors (Lipinski definition) is 2. The maximum atomic E-state index is 11.9. The van der Waals surface area contributed by atoms with Gasteiger partial charge in [0.2, 0.25) is 0 Å². The van der Waals surface area contributed by atoms with Crippen molar-refractivity contribution in [1.82, 2.24) is 10.6 Å². The number of piperazine rings is 1. The molecule has 0 bridgehead atoms. The van der Waals surface area contributed by atoms with Crippen LogP contribution in [0.1, 0.15) is 27.2 Å². The van der Waals surface area contributed by atoms with Crippen molar-refractivity contribution in [2.45, 2.75) is 33.2 Å². The molecule has 1 rings (SSSR count). The molecule has 1 aliphatic rings. The smallest absolute Gasteiger partial charge is 0.156 e. The van der Waals surface area contributed by atoms with Crippen molar-refractivity contribution in [2.75, 3.05) is 19.6 Å². The summed E-state index contributed by atoms with van der Waals surface area (Å²) in [6.07, 6.45) is 0.907. The van der Waals surface area contributed by atoms with Gasteiger partial charge in [0.05, 0.1) is 6.04 Å². The third-order valence-electron chi connectivity index (χ3n) is 2.91. The molecule has 0 amide bonds. The first-order valence-electron chi connectivity index (χ1n) is 5.06. The fourth-order valence-corrected chi connectivity index (χ4v) is 1.48. The fourth-order valence-electron chi connectivity index (χ4n) is 1.48. The molecule has 1 heterocycles. The van der Waals surface area contributed by atoms with Gasteiger partial charge in [-0.15, -0.1) is 0 Å². The Hall–Kier alpha value is -0.410. The lowest BCUT2D eigenvalue weighted by Gasteiger charge is -2.30. The van der Waals surface area contributed by atoms with Crippen LogP contribution in [0, 0.1) is 5.41 Å². The first-order valence-corrected chi connectivity index (χ1v) is 5.06. The number of ketones is 1. The third-order valence-corrected chi connectivity index (χ3v) is 2.91. The van der Waals surface area contributed by atoms with Crippen molar-refractivity contribution in [3.8, 4) is 0 Å². The zero-order valence-electron chi connectivity index (χ0n) is 8.81. The molecule has 1 fully saturated rings. The van der Waals surface area contributed by atoms with Crippen LogP contribution in [0.3, 0.4) is 0 Å². The van der Waals surface area contributed by atoms with Gasteiger partial charge in [0.15, 0.2) is 5.78 Å². The Morgan fingerprint density at radius 1 is 1.46 bits per heavy atom. The van der Waals surface area contributed by atoms with Gasteiger partial charge >= 0.3 is 0 Å². The normalized spacial score (nSPS) is 24.4. The number of nitrogens with one attached hydrogen (secondary N) is 2. The minimum atomic E-state index is -0.184. The van der Waals surface area contributed by atoms with Crippen LogP contribution in [0.2, 0.25) is 0 Å². The molecule has 0 spiro atoms. The number of carbonyl (C=O) groups is 1. The largest absolute Gasteiger partial charge is 0.313 e. The molecule has 0 saturated carbocycles. The summed E-state index contributed by atoms with van der Waals surface area (Å²) in [5, 5.41) is 6.48.